The molecule has 2 aromatic carbocycles. The third kappa shape index (κ3) is 6.08. The minimum Gasteiger partial charge on any atom is -0.478 e. The van der Waals surface area contributed by atoms with E-state index in [0.717, 1.165) is 54.9 Å². The van der Waals surface area contributed by atoms with Crippen molar-refractivity contribution in [2.75, 3.05) is 46.8 Å². The maximum atomic E-state index is 12.1. The fraction of sp³-hybridized carbons (Fsp3) is 0.280. The second kappa shape index (κ2) is 10.8. The summed E-state index contributed by atoms with van der Waals surface area (Å²) in [6.45, 7) is 3.94. The first-order chi connectivity index (χ1) is 16.5. The van der Waals surface area contributed by atoms with Gasteiger partial charge in [0.05, 0.1) is 0 Å². The highest BCUT2D eigenvalue weighted by atomic mass is 16.7. The van der Waals surface area contributed by atoms with Gasteiger partial charge in [-0.1, -0.05) is 12.1 Å². The number of fused-ring (bicyclic) bond motifs is 2. The highest BCUT2D eigenvalue weighted by Gasteiger charge is 2.17. The van der Waals surface area contributed by atoms with Gasteiger partial charge in [0.15, 0.2) is 23.0 Å². The fourth-order valence-electron chi connectivity index (χ4n) is 3.50. The van der Waals surface area contributed by atoms with Crippen molar-refractivity contribution in [3.63, 3.8) is 0 Å². The molecule has 5 rings (SSSR count). The van der Waals surface area contributed by atoms with Gasteiger partial charge in [-0.15, -0.1) is 0 Å². The number of likely N-dealkylation sites (N-methyl/N-ethyl adjacent to an activating group) is 1. The van der Waals surface area contributed by atoms with Gasteiger partial charge >= 0.3 is 5.97 Å². The molecule has 1 N–H and O–H groups in total. The molecule has 3 aliphatic rings. The Kier molecular flexibility index (Phi) is 7.34. The predicted molar refractivity (Wildman–Crippen MR) is 125 cm³/mol. The number of hydrogen-bond donors (Lipinski definition) is 1. The molecule has 0 saturated carbocycles. The van der Waals surface area contributed by atoms with E-state index in [-0.39, 0.29) is 19.5 Å². The average molecular weight is 466 g/mol. The van der Waals surface area contributed by atoms with Crippen LogP contribution in [-0.4, -0.2) is 73.6 Å². The summed E-state index contributed by atoms with van der Waals surface area (Å²) >= 11 is 0. The van der Waals surface area contributed by atoms with Crippen molar-refractivity contribution in [2.24, 2.45) is 0 Å². The molecule has 0 aliphatic carbocycles. The average Bonchev–Trinajstić information content (AvgIpc) is 3.50. The summed E-state index contributed by atoms with van der Waals surface area (Å²) in [6, 6.07) is 10.9. The summed E-state index contributed by atoms with van der Waals surface area (Å²) in [5.41, 5.74) is 1.72. The van der Waals surface area contributed by atoms with Crippen LogP contribution in [0.4, 0.5) is 0 Å². The molecule has 1 amide bonds. The number of rotatable bonds is 4. The van der Waals surface area contributed by atoms with Crippen LogP contribution in [0.2, 0.25) is 0 Å². The van der Waals surface area contributed by atoms with Crippen molar-refractivity contribution in [1.29, 1.82) is 0 Å². The predicted octanol–water partition coefficient (Wildman–Crippen LogP) is 2.72. The van der Waals surface area contributed by atoms with Crippen LogP contribution in [-0.2, 0) is 9.59 Å². The van der Waals surface area contributed by atoms with E-state index in [1.165, 1.54) is 6.08 Å². The third-order valence-electron chi connectivity index (χ3n) is 5.44. The lowest BCUT2D eigenvalue weighted by Gasteiger charge is -2.31. The number of nitrogens with zero attached hydrogens (tertiary/aromatic N) is 2. The molecule has 9 nitrogen and oxygen atoms in total. The molecule has 3 aliphatic heterocycles. The lowest BCUT2D eigenvalue weighted by molar-refractivity contribution is -0.131. The summed E-state index contributed by atoms with van der Waals surface area (Å²) < 4.78 is 20.8. The first kappa shape index (κ1) is 23.2. The summed E-state index contributed by atoms with van der Waals surface area (Å²) in [4.78, 5) is 26.4. The molecule has 0 aromatic heterocycles. The third-order valence-corrected chi connectivity index (χ3v) is 5.44. The SMILES string of the molecule is CN1CCN(C(=O)/C=C/c2ccc3c(c2)OCO3)CC1.O=C(O)/C=C/c1ccc2c(c1)OCO2. The van der Waals surface area contributed by atoms with E-state index in [0.29, 0.717) is 11.5 Å². The van der Waals surface area contributed by atoms with Crippen molar-refractivity contribution < 1.29 is 33.6 Å². The molecule has 0 bridgehead atoms. The van der Waals surface area contributed by atoms with Crippen molar-refractivity contribution in [3.8, 4) is 23.0 Å². The van der Waals surface area contributed by atoms with E-state index >= 15 is 0 Å². The molecule has 0 unspecified atom stereocenters. The van der Waals surface area contributed by atoms with Crippen LogP contribution in [0, 0.1) is 0 Å². The number of benzene rings is 2. The quantitative estimate of drug-likeness (QED) is 0.687. The number of carboxylic acids is 1. The second-order valence-electron chi connectivity index (χ2n) is 7.86. The topological polar surface area (TPSA) is 97.8 Å². The molecular weight excluding hydrogens is 440 g/mol. The number of aliphatic carboxylic acids is 1. The number of carbonyl (C=O) groups is 2. The Bertz CT molecular complexity index is 1100. The van der Waals surface area contributed by atoms with Crippen molar-refractivity contribution in [2.45, 2.75) is 0 Å². The van der Waals surface area contributed by atoms with E-state index in [2.05, 4.69) is 11.9 Å². The second-order valence-corrected chi connectivity index (χ2v) is 7.86. The molecule has 2 aromatic rings. The molecular formula is C25H26N2O7. The molecule has 0 spiro atoms. The molecule has 3 heterocycles. The highest BCUT2D eigenvalue weighted by Crippen LogP contribution is 2.33. The minimum atomic E-state index is -0.970. The van der Waals surface area contributed by atoms with E-state index in [9.17, 15) is 9.59 Å². The lowest BCUT2D eigenvalue weighted by atomic mass is 10.2. The van der Waals surface area contributed by atoms with E-state index in [1.807, 2.05) is 29.2 Å². The van der Waals surface area contributed by atoms with Gasteiger partial charge < -0.3 is 33.9 Å². The Morgan fingerprint density at radius 2 is 1.26 bits per heavy atom. The molecule has 1 fully saturated rings. The van der Waals surface area contributed by atoms with Crippen LogP contribution in [0.5, 0.6) is 23.0 Å². The zero-order chi connectivity index (χ0) is 23.9. The Hall–Kier alpha value is -3.98. The van der Waals surface area contributed by atoms with Gasteiger partial charge in [0.1, 0.15) is 0 Å². The van der Waals surface area contributed by atoms with Crippen molar-refractivity contribution in [1.82, 2.24) is 9.80 Å². The molecule has 0 radical (unpaired) electrons. The molecule has 34 heavy (non-hydrogen) atoms. The zero-order valence-corrected chi connectivity index (χ0v) is 18.8. The molecule has 9 heteroatoms. The van der Waals surface area contributed by atoms with Gasteiger partial charge in [-0.3, -0.25) is 4.79 Å². The smallest absolute Gasteiger partial charge is 0.328 e. The first-order valence-corrected chi connectivity index (χ1v) is 10.8. The summed E-state index contributed by atoms with van der Waals surface area (Å²) in [5, 5.41) is 8.43. The van der Waals surface area contributed by atoms with Crippen LogP contribution < -0.4 is 18.9 Å². The van der Waals surface area contributed by atoms with Gasteiger partial charge in [0, 0.05) is 38.3 Å². The van der Waals surface area contributed by atoms with Crippen LogP contribution in [0.25, 0.3) is 12.2 Å². The number of piperazine rings is 1. The first-order valence-electron chi connectivity index (χ1n) is 10.8. The number of amides is 1. The van der Waals surface area contributed by atoms with Crippen molar-refractivity contribution >= 4 is 24.0 Å². The van der Waals surface area contributed by atoms with Crippen molar-refractivity contribution in [3.05, 3.63) is 59.7 Å². The summed E-state index contributed by atoms with van der Waals surface area (Å²) in [7, 11) is 2.07. The van der Waals surface area contributed by atoms with Gasteiger partial charge in [-0.05, 0) is 54.6 Å². The van der Waals surface area contributed by atoms with Crippen LogP contribution in [0.3, 0.4) is 0 Å². The van der Waals surface area contributed by atoms with E-state index in [1.54, 1.807) is 24.3 Å². The van der Waals surface area contributed by atoms with Gasteiger partial charge in [-0.2, -0.15) is 0 Å². The Balaban J connectivity index is 0.000000172. The Morgan fingerprint density at radius 3 is 1.79 bits per heavy atom. The van der Waals surface area contributed by atoms with Gasteiger partial charge in [0.25, 0.3) is 0 Å². The number of carbonyl (C=O) groups excluding carboxylic acids is 1. The number of ether oxygens (including phenoxy) is 4. The van der Waals surface area contributed by atoms with Crippen LogP contribution in [0.15, 0.2) is 48.6 Å². The number of hydrogen-bond acceptors (Lipinski definition) is 7. The molecule has 178 valence electrons. The highest BCUT2D eigenvalue weighted by molar-refractivity contribution is 5.92. The van der Waals surface area contributed by atoms with Gasteiger partial charge in [0.2, 0.25) is 19.5 Å². The Labute approximate surface area is 197 Å². The molecule has 0 atom stereocenters. The monoisotopic (exact) mass is 466 g/mol. The lowest BCUT2D eigenvalue weighted by Crippen LogP contribution is -2.46. The van der Waals surface area contributed by atoms with E-state index < -0.39 is 5.97 Å². The largest absolute Gasteiger partial charge is 0.478 e. The maximum Gasteiger partial charge on any atom is 0.328 e. The number of carboxylic acid groups (broad SMARTS) is 1. The normalized spacial score (nSPS) is 16.6. The van der Waals surface area contributed by atoms with Crippen LogP contribution >= 0.6 is 0 Å². The van der Waals surface area contributed by atoms with E-state index in [4.69, 9.17) is 24.1 Å². The summed E-state index contributed by atoms with van der Waals surface area (Å²) in [6.07, 6.45) is 6.04. The Morgan fingerprint density at radius 1 is 0.765 bits per heavy atom. The zero-order valence-electron chi connectivity index (χ0n) is 18.8. The van der Waals surface area contributed by atoms with Gasteiger partial charge in [-0.25, -0.2) is 4.79 Å². The van der Waals surface area contributed by atoms with Crippen LogP contribution in [0.1, 0.15) is 11.1 Å². The molecule has 1 saturated heterocycles. The fourth-order valence-corrected chi connectivity index (χ4v) is 3.50. The minimum absolute atomic E-state index is 0.0655. The maximum absolute atomic E-state index is 12.1. The standard InChI is InChI=1S/C15H18N2O3.C10H8O4/c1-16-6-8-17(9-7-16)15(18)5-3-12-2-4-13-14(10-12)20-11-19-13;11-10(12)4-2-7-1-3-8-9(5-7)14-6-13-8/h2-5,10H,6-9,11H2,1H3;1-5H,6H2,(H,11,12)/b5-3+;4-2+. The summed E-state index contributed by atoms with van der Waals surface area (Å²) in [5.74, 6) is 1.93.